The summed E-state index contributed by atoms with van der Waals surface area (Å²) in [7, 11) is 1.29. The highest BCUT2D eigenvalue weighted by Crippen LogP contribution is 2.50. The Morgan fingerprint density at radius 3 is 1.74 bits per heavy atom. The highest BCUT2D eigenvalue weighted by Gasteiger charge is 2.47. The van der Waals surface area contributed by atoms with Gasteiger partial charge in [-0.25, -0.2) is 19.1 Å². The summed E-state index contributed by atoms with van der Waals surface area (Å²) in [5.74, 6) is 1.24. The number of nitrogens with one attached hydrogen (secondary N) is 2. The number of amides is 1. The van der Waals surface area contributed by atoms with Gasteiger partial charge in [-0.3, -0.25) is 33.5 Å². The van der Waals surface area contributed by atoms with Crippen LogP contribution >= 0.6 is 8.53 Å². The molecule has 424 valence electrons. The fraction of sp³-hybridized carbons (Fsp3) is 0.414. The molecule has 0 aliphatic carbocycles. The van der Waals surface area contributed by atoms with Crippen LogP contribution in [0.4, 0.5) is 4.79 Å². The molecule has 7 atom stereocenters. The summed E-state index contributed by atoms with van der Waals surface area (Å²) in [5.41, 5.74) is -0.462. The molecule has 2 aromatic heterocycles. The van der Waals surface area contributed by atoms with Crippen molar-refractivity contribution in [3.8, 4) is 17.6 Å². The van der Waals surface area contributed by atoms with Crippen LogP contribution in [0.3, 0.4) is 0 Å². The van der Waals surface area contributed by atoms with E-state index in [1.54, 1.807) is 28.1 Å². The molecule has 1 amide bonds. The molecule has 2 aliphatic rings. The van der Waals surface area contributed by atoms with Crippen molar-refractivity contribution in [3.63, 3.8) is 0 Å². The van der Waals surface area contributed by atoms with E-state index in [1.165, 1.54) is 21.5 Å². The lowest BCUT2D eigenvalue weighted by Gasteiger charge is -2.38. The number of H-pyrrole nitrogens is 2. The van der Waals surface area contributed by atoms with E-state index >= 15 is 4.79 Å². The van der Waals surface area contributed by atoms with Gasteiger partial charge >= 0.3 is 17.5 Å². The van der Waals surface area contributed by atoms with Gasteiger partial charge in [0.2, 0.25) is 0 Å². The quantitative estimate of drug-likeness (QED) is 0.0253. The zero-order chi connectivity index (χ0) is 57.1. The van der Waals surface area contributed by atoms with E-state index in [0.29, 0.717) is 11.5 Å². The molecule has 0 saturated carbocycles. The molecular weight excluding hydrogens is 1050 g/mol. The molecule has 0 bridgehead atoms. The predicted molar refractivity (Wildman–Crippen MR) is 296 cm³/mol. The molecule has 21 nitrogen and oxygen atoms in total. The van der Waals surface area contributed by atoms with E-state index in [1.807, 2.05) is 137 Å². The van der Waals surface area contributed by atoms with Gasteiger partial charge in [0.1, 0.15) is 54.5 Å². The number of aromatic amines is 2. The number of ether oxygens (including phenoxy) is 6. The topological polar surface area (TPSA) is 240 Å². The third kappa shape index (κ3) is 13.7. The Labute approximate surface area is 464 Å². The number of aryl methyl sites for hydroxylation is 2. The van der Waals surface area contributed by atoms with E-state index in [2.05, 4.69) is 20.7 Å². The third-order valence-electron chi connectivity index (χ3n) is 13.8. The molecule has 1 unspecified atom stereocenters. The van der Waals surface area contributed by atoms with Gasteiger partial charge in [0.25, 0.3) is 19.6 Å². The van der Waals surface area contributed by atoms with Crippen molar-refractivity contribution in [2.45, 2.75) is 122 Å². The maximum absolute atomic E-state index is 15.2. The molecule has 8 rings (SSSR count). The maximum Gasteiger partial charge on any atom is 0.434 e. The molecule has 6 aromatic rings. The fourth-order valence-corrected chi connectivity index (χ4v) is 11.6. The lowest BCUT2D eigenvalue weighted by atomic mass is 9.80. The smallest absolute Gasteiger partial charge is 0.434 e. The number of carbonyl (C=O) groups is 1. The minimum Gasteiger partial charge on any atom is -0.497 e. The van der Waals surface area contributed by atoms with E-state index in [0.717, 1.165) is 27.3 Å². The van der Waals surface area contributed by atoms with Crippen LogP contribution in [0.25, 0.3) is 0 Å². The first-order valence-corrected chi connectivity index (χ1v) is 27.5. The summed E-state index contributed by atoms with van der Waals surface area (Å²) < 4.78 is 56.1. The Balaban J connectivity index is 1.18. The van der Waals surface area contributed by atoms with Gasteiger partial charge in [-0.1, -0.05) is 84.9 Å². The zero-order valence-electron chi connectivity index (χ0n) is 46.0. The van der Waals surface area contributed by atoms with Crippen LogP contribution < -0.4 is 32.0 Å². The average Bonchev–Trinajstić information content (AvgIpc) is 4.16. The van der Waals surface area contributed by atoms with Gasteiger partial charge < -0.3 is 37.5 Å². The standard InChI is InChI=1S/C58H68N7O14P/c1-37(2)65(38(3)4)80(75-29-15-28-59)79-48-31-52(63-33-40(6)54(67)61-56(63)69)76-49(48)34-64(74-35-41-16-11-9-12-17-41)57(70)78-47-30-51(62-32-39(5)53(66)60-55(62)68)77-50(47)36-73-58(42-18-13-10-14-19-42,43-20-24-45(71-7)25-21-43)44-22-26-46(72-8)27-23-44/h9-14,16-27,32-33,37-38,47-52H,15,29-31,34-36H2,1-8H3,(H,60,66,68)(H,61,67,69)/t47-,48-,49+,50+,51+,52+,80?/m0/s1. The SMILES string of the molecule is COc1ccc(C(OC[C@H]2O[C@@H](n3cc(C)c(=O)[nH]c3=O)C[C@@H]2OC(=O)N(C[C@H]2O[C@@H](n3cc(C)c(=O)[nH]c3=O)C[C@@H]2OP(OCCC#N)N(C(C)C)C(C)C)OCc2ccccc2)(c2ccccc2)c2ccc(OC)cc2)cc1. The summed E-state index contributed by atoms with van der Waals surface area (Å²) >= 11 is 0. The van der Waals surface area contributed by atoms with Crippen LogP contribution in [-0.2, 0) is 45.0 Å². The molecule has 0 radical (unpaired) electrons. The van der Waals surface area contributed by atoms with Crippen molar-refractivity contribution < 1.29 is 47.1 Å². The first kappa shape index (κ1) is 58.9. The number of hydrogen-bond donors (Lipinski definition) is 2. The Morgan fingerprint density at radius 1 is 0.725 bits per heavy atom. The molecule has 80 heavy (non-hydrogen) atoms. The second kappa shape index (κ2) is 26.8. The molecule has 0 spiro atoms. The molecule has 2 aliphatic heterocycles. The van der Waals surface area contributed by atoms with Crippen molar-refractivity contribution >= 4 is 14.6 Å². The van der Waals surface area contributed by atoms with Crippen LogP contribution in [0, 0.1) is 25.2 Å². The summed E-state index contributed by atoms with van der Waals surface area (Å²) in [6, 6.07) is 35.7. The van der Waals surface area contributed by atoms with Crippen molar-refractivity contribution in [1.82, 2.24) is 28.8 Å². The average molecular weight is 1120 g/mol. The number of carbonyl (C=O) groups excluding carboxylic acids is 1. The third-order valence-corrected chi connectivity index (χ3v) is 16.0. The highest BCUT2D eigenvalue weighted by molar-refractivity contribution is 7.44. The normalized spacial score (nSPS) is 19.5. The summed E-state index contributed by atoms with van der Waals surface area (Å²) in [5, 5.41) is 10.5. The maximum atomic E-state index is 15.2. The number of rotatable bonds is 24. The van der Waals surface area contributed by atoms with Crippen LogP contribution in [-0.4, -0.2) is 105 Å². The number of aromatic nitrogens is 4. The van der Waals surface area contributed by atoms with E-state index in [4.69, 9.17) is 42.3 Å². The van der Waals surface area contributed by atoms with Crippen molar-refractivity contribution in [2.75, 3.05) is 34.0 Å². The first-order valence-electron chi connectivity index (χ1n) is 26.4. The molecule has 4 aromatic carbocycles. The minimum absolute atomic E-state index is 0.0680. The molecular formula is C58H68N7O14P. The molecule has 2 N–H and O–H groups in total. The van der Waals surface area contributed by atoms with E-state index in [9.17, 15) is 24.4 Å². The number of hydroxylamine groups is 2. The summed E-state index contributed by atoms with van der Waals surface area (Å²) in [4.78, 5) is 78.5. The van der Waals surface area contributed by atoms with Gasteiger partial charge in [0.15, 0.2) is 0 Å². The van der Waals surface area contributed by atoms with Gasteiger partial charge in [0, 0.05) is 48.4 Å². The Hall–Kier alpha value is -7.25. The molecule has 2 saturated heterocycles. The van der Waals surface area contributed by atoms with E-state index < -0.39 is 79.6 Å². The van der Waals surface area contributed by atoms with Crippen molar-refractivity contribution in [3.05, 3.63) is 197 Å². The van der Waals surface area contributed by atoms with Crippen LogP contribution in [0.2, 0.25) is 0 Å². The lowest BCUT2D eigenvalue weighted by Crippen LogP contribution is -2.45. The number of hydrogen-bond acceptors (Lipinski definition) is 16. The number of benzene rings is 4. The largest absolute Gasteiger partial charge is 0.497 e. The van der Waals surface area contributed by atoms with Gasteiger partial charge in [-0.15, -0.1) is 0 Å². The van der Waals surface area contributed by atoms with Crippen molar-refractivity contribution in [2.24, 2.45) is 0 Å². The van der Waals surface area contributed by atoms with Crippen LogP contribution in [0.1, 0.15) is 92.8 Å². The van der Waals surface area contributed by atoms with E-state index in [-0.39, 0.29) is 68.8 Å². The van der Waals surface area contributed by atoms with Gasteiger partial charge in [-0.2, -0.15) is 10.3 Å². The summed E-state index contributed by atoms with van der Waals surface area (Å²) in [6.07, 6.45) is -4.21. The fourth-order valence-electron chi connectivity index (χ4n) is 9.84. The van der Waals surface area contributed by atoms with Gasteiger partial charge in [0.05, 0.1) is 52.6 Å². The Bertz CT molecular complexity index is 3240. The van der Waals surface area contributed by atoms with Gasteiger partial charge in [-0.05, 0) is 88.1 Å². The number of methoxy groups -OCH3 is 2. The van der Waals surface area contributed by atoms with Crippen LogP contribution in [0.5, 0.6) is 11.5 Å². The number of nitrogens with zero attached hydrogens (tertiary/aromatic N) is 5. The minimum atomic E-state index is -1.88. The van der Waals surface area contributed by atoms with Crippen LogP contribution in [0.15, 0.2) is 141 Å². The highest BCUT2D eigenvalue weighted by atomic mass is 31.2. The predicted octanol–water partition coefficient (Wildman–Crippen LogP) is 7.90. The molecule has 2 fully saturated rings. The molecule has 22 heteroatoms. The monoisotopic (exact) mass is 1120 g/mol. The second-order valence-corrected chi connectivity index (χ2v) is 21.3. The summed E-state index contributed by atoms with van der Waals surface area (Å²) in [6.45, 7) is 10.6. The second-order valence-electron chi connectivity index (χ2n) is 19.9. The number of nitriles is 1. The Morgan fingerprint density at radius 2 is 1.23 bits per heavy atom. The molecule has 4 heterocycles. The Kier molecular flexibility index (Phi) is 19.7. The first-order chi connectivity index (χ1) is 38.5. The van der Waals surface area contributed by atoms with Crippen molar-refractivity contribution in [1.29, 1.82) is 5.26 Å². The lowest BCUT2D eigenvalue weighted by molar-refractivity contribution is -0.177. The zero-order valence-corrected chi connectivity index (χ0v) is 46.9.